The highest BCUT2D eigenvalue weighted by atomic mass is 16.3. The predicted molar refractivity (Wildman–Crippen MR) is 75.9 cm³/mol. The summed E-state index contributed by atoms with van der Waals surface area (Å²) in [5, 5.41) is 12.8. The van der Waals surface area contributed by atoms with E-state index in [1.54, 1.807) is 4.90 Å². The lowest BCUT2D eigenvalue weighted by Gasteiger charge is -2.30. The Morgan fingerprint density at radius 2 is 2.25 bits per heavy atom. The van der Waals surface area contributed by atoms with Gasteiger partial charge in [-0.2, -0.15) is 0 Å². The zero-order chi connectivity index (χ0) is 14.5. The van der Waals surface area contributed by atoms with Gasteiger partial charge in [0, 0.05) is 31.3 Å². The average Bonchev–Trinajstić information content (AvgIpc) is 2.44. The number of amides is 1. The fourth-order valence-electron chi connectivity index (χ4n) is 2.54. The van der Waals surface area contributed by atoms with Gasteiger partial charge in [-0.3, -0.25) is 14.6 Å². The molecule has 2 heterocycles. The Bertz CT molecular complexity index is 521. The van der Waals surface area contributed by atoms with Crippen molar-refractivity contribution in [3.63, 3.8) is 0 Å². The van der Waals surface area contributed by atoms with Crippen molar-refractivity contribution < 1.29 is 9.90 Å². The first kappa shape index (κ1) is 14.6. The number of hydrogen-bond acceptors (Lipinski definition) is 4. The minimum Gasteiger partial charge on any atom is -0.494 e. The zero-order valence-electron chi connectivity index (χ0n) is 11.7. The number of nitrogens with one attached hydrogen (secondary N) is 2. The summed E-state index contributed by atoms with van der Waals surface area (Å²) in [6.07, 6.45) is 3.41. The molecule has 0 bridgehead atoms. The van der Waals surface area contributed by atoms with Gasteiger partial charge in [-0.1, -0.05) is 6.42 Å². The van der Waals surface area contributed by atoms with Crippen LogP contribution in [0.1, 0.15) is 36.5 Å². The molecule has 0 saturated carbocycles. The van der Waals surface area contributed by atoms with Gasteiger partial charge in [0.2, 0.25) is 0 Å². The molecule has 0 aromatic carbocycles. The summed E-state index contributed by atoms with van der Waals surface area (Å²) in [5.41, 5.74) is -0.246. The fourth-order valence-corrected chi connectivity index (χ4v) is 2.54. The van der Waals surface area contributed by atoms with Crippen LogP contribution in [0.2, 0.25) is 0 Å². The van der Waals surface area contributed by atoms with Crippen LogP contribution < -0.4 is 10.9 Å². The van der Waals surface area contributed by atoms with Crippen molar-refractivity contribution in [3.8, 4) is 5.88 Å². The lowest BCUT2D eigenvalue weighted by Crippen LogP contribution is -2.45. The number of rotatable bonds is 4. The Kier molecular flexibility index (Phi) is 4.79. The van der Waals surface area contributed by atoms with Gasteiger partial charge in [0.1, 0.15) is 0 Å². The lowest BCUT2D eigenvalue weighted by molar-refractivity contribution is 0.0740. The van der Waals surface area contributed by atoms with Crippen molar-refractivity contribution in [2.75, 3.05) is 19.6 Å². The topological polar surface area (TPSA) is 85.4 Å². The first-order valence-corrected chi connectivity index (χ1v) is 7.06. The van der Waals surface area contributed by atoms with E-state index in [-0.39, 0.29) is 17.4 Å². The van der Waals surface area contributed by atoms with Crippen LogP contribution in [0, 0.1) is 0 Å². The second-order valence-electron chi connectivity index (χ2n) is 5.11. The number of carbonyl (C=O) groups excluding carboxylic acids is 1. The van der Waals surface area contributed by atoms with Crippen LogP contribution in [-0.4, -0.2) is 46.6 Å². The molecule has 0 aliphatic carbocycles. The lowest BCUT2D eigenvalue weighted by atomic mass is 10.0. The number of aromatic hydroxyl groups is 1. The highest BCUT2D eigenvalue weighted by Gasteiger charge is 2.21. The molecule has 6 nitrogen and oxygen atoms in total. The molecule has 1 aromatic rings. The summed E-state index contributed by atoms with van der Waals surface area (Å²) >= 11 is 0. The SMILES string of the molecule is CCN(CC1CCCCN1)C(=O)c1cc(O)[nH]c(=O)c1. The van der Waals surface area contributed by atoms with E-state index in [0.29, 0.717) is 19.1 Å². The summed E-state index contributed by atoms with van der Waals surface area (Å²) < 4.78 is 0. The minimum absolute atomic E-state index is 0.221. The van der Waals surface area contributed by atoms with Crippen molar-refractivity contribution in [1.82, 2.24) is 15.2 Å². The van der Waals surface area contributed by atoms with E-state index in [2.05, 4.69) is 10.3 Å². The number of piperidine rings is 1. The normalized spacial score (nSPS) is 18.8. The predicted octanol–water partition coefficient (Wildman–Crippen LogP) is 0.685. The molecule has 2 rings (SSSR count). The standard InChI is InChI=1S/C14H21N3O3/c1-2-17(9-11-5-3-4-6-15-11)14(20)10-7-12(18)16-13(19)8-10/h7-8,11,15H,2-6,9H2,1H3,(H2,16,18,19). The molecule has 1 saturated heterocycles. The molecule has 1 aliphatic rings. The van der Waals surface area contributed by atoms with E-state index in [1.807, 2.05) is 6.92 Å². The number of nitrogens with zero attached hydrogens (tertiary/aromatic N) is 1. The molecule has 1 unspecified atom stereocenters. The molecule has 0 spiro atoms. The van der Waals surface area contributed by atoms with Crippen molar-refractivity contribution in [3.05, 3.63) is 28.0 Å². The first-order valence-electron chi connectivity index (χ1n) is 7.06. The smallest absolute Gasteiger partial charge is 0.254 e. The fraction of sp³-hybridized carbons (Fsp3) is 0.571. The monoisotopic (exact) mass is 279 g/mol. The van der Waals surface area contributed by atoms with Crippen LogP contribution in [0.5, 0.6) is 5.88 Å². The number of likely N-dealkylation sites (N-methyl/N-ethyl adjacent to an activating group) is 1. The molecule has 20 heavy (non-hydrogen) atoms. The van der Waals surface area contributed by atoms with Crippen molar-refractivity contribution >= 4 is 5.91 Å². The third-order valence-electron chi connectivity index (χ3n) is 3.60. The Morgan fingerprint density at radius 1 is 1.45 bits per heavy atom. The second kappa shape index (κ2) is 6.56. The largest absolute Gasteiger partial charge is 0.494 e. The van der Waals surface area contributed by atoms with Gasteiger partial charge < -0.3 is 15.3 Å². The summed E-state index contributed by atoms with van der Waals surface area (Å²) in [7, 11) is 0. The van der Waals surface area contributed by atoms with Crippen LogP contribution >= 0.6 is 0 Å². The summed E-state index contributed by atoms with van der Waals surface area (Å²) in [6.45, 7) is 4.10. The Hall–Kier alpha value is -1.82. The number of carbonyl (C=O) groups is 1. The second-order valence-corrected chi connectivity index (χ2v) is 5.11. The number of aromatic amines is 1. The number of H-pyrrole nitrogens is 1. The molecule has 110 valence electrons. The van der Waals surface area contributed by atoms with Gasteiger partial charge in [0.05, 0.1) is 5.56 Å². The Labute approximate surface area is 117 Å². The number of pyridine rings is 1. The zero-order valence-corrected chi connectivity index (χ0v) is 11.7. The summed E-state index contributed by atoms with van der Waals surface area (Å²) in [5.74, 6) is -0.506. The maximum absolute atomic E-state index is 12.4. The summed E-state index contributed by atoms with van der Waals surface area (Å²) in [6, 6.07) is 2.82. The van der Waals surface area contributed by atoms with Crippen LogP contribution in [0.25, 0.3) is 0 Å². The van der Waals surface area contributed by atoms with E-state index in [9.17, 15) is 14.7 Å². The van der Waals surface area contributed by atoms with Crippen LogP contribution in [0.3, 0.4) is 0 Å². The molecule has 1 atom stereocenters. The number of hydrogen-bond donors (Lipinski definition) is 3. The van der Waals surface area contributed by atoms with Crippen LogP contribution in [0.4, 0.5) is 0 Å². The van der Waals surface area contributed by atoms with Gasteiger partial charge in [-0.25, -0.2) is 0 Å². The Morgan fingerprint density at radius 3 is 2.85 bits per heavy atom. The maximum atomic E-state index is 12.4. The maximum Gasteiger partial charge on any atom is 0.254 e. The van der Waals surface area contributed by atoms with Gasteiger partial charge in [-0.15, -0.1) is 0 Å². The van der Waals surface area contributed by atoms with Crippen LogP contribution in [-0.2, 0) is 0 Å². The van der Waals surface area contributed by atoms with E-state index in [0.717, 1.165) is 13.0 Å². The molecule has 6 heteroatoms. The van der Waals surface area contributed by atoms with Crippen molar-refractivity contribution in [1.29, 1.82) is 0 Å². The van der Waals surface area contributed by atoms with Gasteiger partial charge in [0.15, 0.2) is 5.88 Å². The number of aromatic nitrogens is 1. The molecule has 1 aromatic heterocycles. The highest BCUT2D eigenvalue weighted by molar-refractivity contribution is 5.94. The highest BCUT2D eigenvalue weighted by Crippen LogP contribution is 2.12. The third-order valence-corrected chi connectivity index (χ3v) is 3.60. The van der Waals surface area contributed by atoms with E-state index in [1.165, 1.54) is 25.0 Å². The van der Waals surface area contributed by atoms with Gasteiger partial charge >= 0.3 is 0 Å². The van der Waals surface area contributed by atoms with E-state index < -0.39 is 5.56 Å². The molecule has 1 fully saturated rings. The van der Waals surface area contributed by atoms with Gasteiger partial charge in [-0.05, 0) is 26.3 Å². The van der Waals surface area contributed by atoms with Crippen molar-refractivity contribution in [2.24, 2.45) is 0 Å². The van der Waals surface area contributed by atoms with Crippen LogP contribution in [0.15, 0.2) is 16.9 Å². The molecule has 0 radical (unpaired) electrons. The van der Waals surface area contributed by atoms with Crippen molar-refractivity contribution in [2.45, 2.75) is 32.2 Å². The first-order chi connectivity index (χ1) is 9.60. The Balaban J connectivity index is 2.09. The summed E-state index contributed by atoms with van der Waals surface area (Å²) in [4.78, 5) is 27.6. The molecule has 1 aliphatic heterocycles. The average molecular weight is 279 g/mol. The van der Waals surface area contributed by atoms with E-state index >= 15 is 0 Å². The third kappa shape index (κ3) is 3.60. The van der Waals surface area contributed by atoms with E-state index in [4.69, 9.17) is 0 Å². The van der Waals surface area contributed by atoms with Gasteiger partial charge in [0.25, 0.3) is 11.5 Å². The molecule has 3 N–H and O–H groups in total. The quantitative estimate of drug-likeness (QED) is 0.757. The molecule has 1 amide bonds. The molecular weight excluding hydrogens is 258 g/mol. The molecular formula is C14H21N3O3. The minimum atomic E-state index is -0.472.